The van der Waals surface area contributed by atoms with Gasteiger partial charge in [0.15, 0.2) is 0 Å². The second-order valence-electron chi connectivity index (χ2n) is 3.77. The molecule has 1 aromatic heterocycles. The van der Waals surface area contributed by atoms with E-state index in [2.05, 4.69) is 0 Å². The predicted octanol–water partition coefficient (Wildman–Crippen LogP) is 1.54. The summed E-state index contributed by atoms with van der Waals surface area (Å²) in [5, 5.41) is 2.01. The van der Waals surface area contributed by atoms with E-state index in [1.807, 2.05) is 29.3 Å². The summed E-state index contributed by atoms with van der Waals surface area (Å²) in [6.45, 7) is 4.09. The first-order valence-electron chi connectivity index (χ1n) is 5.17. The molecule has 2 heterocycles. The number of carbonyl (C=O) groups excluding carboxylic acids is 1. The van der Waals surface area contributed by atoms with Crippen molar-refractivity contribution in [1.82, 2.24) is 4.90 Å². The lowest BCUT2D eigenvalue weighted by atomic mass is 10.2. The number of hydrogen-bond acceptors (Lipinski definition) is 3. The third kappa shape index (κ3) is 2.58. The molecule has 0 bridgehead atoms. The smallest absolute Gasteiger partial charge is 0.228 e. The van der Waals surface area contributed by atoms with Crippen molar-refractivity contribution >= 4 is 17.2 Å². The minimum Gasteiger partial charge on any atom is -0.377 e. The average Bonchev–Trinajstić information content (AvgIpc) is 2.71. The molecule has 0 radical (unpaired) electrons. The first kappa shape index (κ1) is 10.6. The number of ether oxygens (including phenoxy) is 1. The van der Waals surface area contributed by atoms with Crippen molar-refractivity contribution in [2.24, 2.45) is 0 Å². The monoisotopic (exact) mass is 225 g/mol. The van der Waals surface area contributed by atoms with E-state index >= 15 is 0 Å². The molecular formula is C11H15NO2S. The lowest BCUT2D eigenvalue weighted by molar-refractivity contribution is -0.138. The van der Waals surface area contributed by atoms with E-state index in [1.54, 1.807) is 11.3 Å². The van der Waals surface area contributed by atoms with Crippen LogP contribution in [-0.2, 0) is 16.0 Å². The zero-order valence-electron chi connectivity index (χ0n) is 8.81. The molecule has 4 heteroatoms. The zero-order valence-corrected chi connectivity index (χ0v) is 9.63. The summed E-state index contributed by atoms with van der Waals surface area (Å²) < 4.78 is 5.31. The van der Waals surface area contributed by atoms with Crippen molar-refractivity contribution in [3.05, 3.63) is 22.4 Å². The highest BCUT2D eigenvalue weighted by molar-refractivity contribution is 7.10. The Morgan fingerprint density at radius 2 is 2.60 bits per heavy atom. The fourth-order valence-electron chi connectivity index (χ4n) is 1.76. The van der Waals surface area contributed by atoms with E-state index in [0.29, 0.717) is 19.6 Å². The summed E-state index contributed by atoms with van der Waals surface area (Å²) in [4.78, 5) is 15.0. The van der Waals surface area contributed by atoms with Gasteiger partial charge in [-0.15, -0.1) is 11.3 Å². The fourth-order valence-corrected chi connectivity index (χ4v) is 2.46. The van der Waals surface area contributed by atoms with E-state index in [1.165, 1.54) is 0 Å². The first-order chi connectivity index (χ1) is 7.27. The average molecular weight is 225 g/mol. The van der Waals surface area contributed by atoms with Crippen LogP contribution in [0.4, 0.5) is 0 Å². The van der Waals surface area contributed by atoms with Gasteiger partial charge in [0.05, 0.1) is 25.7 Å². The molecule has 0 N–H and O–H groups in total. The second kappa shape index (κ2) is 4.77. The molecule has 0 aliphatic carbocycles. The van der Waals surface area contributed by atoms with Gasteiger partial charge in [0, 0.05) is 11.4 Å². The van der Waals surface area contributed by atoms with Crippen LogP contribution in [-0.4, -0.2) is 36.6 Å². The van der Waals surface area contributed by atoms with Crippen LogP contribution in [0.2, 0.25) is 0 Å². The SMILES string of the molecule is CC1COCCN1C(=O)Cc1cccs1. The Kier molecular flexibility index (Phi) is 3.38. The summed E-state index contributed by atoms with van der Waals surface area (Å²) in [5.41, 5.74) is 0. The van der Waals surface area contributed by atoms with Crippen molar-refractivity contribution in [2.45, 2.75) is 19.4 Å². The Morgan fingerprint density at radius 3 is 3.27 bits per heavy atom. The van der Waals surface area contributed by atoms with Crippen LogP contribution in [0.3, 0.4) is 0 Å². The molecule has 0 saturated carbocycles. The maximum atomic E-state index is 12.0. The molecule has 0 spiro atoms. The van der Waals surface area contributed by atoms with Gasteiger partial charge >= 0.3 is 0 Å². The van der Waals surface area contributed by atoms with Gasteiger partial charge in [-0.3, -0.25) is 4.79 Å². The van der Waals surface area contributed by atoms with Crippen LogP contribution in [0.25, 0.3) is 0 Å². The van der Waals surface area contributed by atoms with E-state index in [-0.39, 0.29) is 11.9 Å². The topological polar surface area (TPSA) is 29.5 Å². The number of amides is 1. The van der Waals surface area contributed by atoms with Gasteiger partial charge < -0.3 is 9.64 Å². The Labute approximate surface area is 93.7 Å². The highest BCUT2D eigenvalue weighted by Gasteiger charge is 2.23. The minimum absolute atomic E-state index is 0.214. The largest absolute Gasteiger partial charge is 0.377 e. The fraction of sp³-hybridized carbons (Fsp3) is 0.545. The van der Waals surface area contributed by atoms with Crippen molar-refractivity contribution in [3.8, 4) is 0 Å². The van der Waals surface area contributed by atoms with Crippen LogP contribution >= 0.6 is 11.3 Å². The van der Waals surface area contributed by atoms with Gasteiger partial charge in [-0.1, -0.05) is 6.07 Å². The number of rotatable bonds is 2. The molecule has 1 aliphatic heterocycles. The van der Waals surface area contributed by atoms with Crippen LogP contribution in [0.1, 0.15) is 11.8 Å². The van der Waals surface area contributed by atoms with Gasteiger partial charge in [-0.2, -0.15) is 0 Å². The third-order valence-electron chi connectivity index (χ3n) is 2.59. The van der Waals surface area contributed by atoms with Crippen molar-refractivity contribution in [1.29, 1.82) is 0 Å². The molecule has 1 amide bonds. The molecule has 0 aromatic carbocycles. The molecule has 1 unspecified atom stereocenters. The maximum Gasteiger partial charge on any atom is 0.228 e. The van der Waals surface area contributed by atoms with Gasteiger partial charge in [-0.05, 0) is 18.4 Å². The van der Waals surface area contributed by atoms with Crippen LogP contribution in [0.15, 0.2) is 17.5 Å². The Balaban J connectivity index is 1.95. The maximum absolute atomic E-state index is 12.0. The number of thiophene rings is 1. The molecule has 1 aromatic rings. The number of carbonyl (C=O) groups is 1. The predicted molar refractivity (Wildman–Crippen MR) is 60.0 cm³/mol. The molecule has 3 nitrogen and oxygen atoms in total. The van der Waals surface area contributed by atoms with Gasteiger partial charge in [0.2, 0.25) is 5.91 Å². The molecular weight excluding hydrogens is 210 g/mol. The first-order valence-corrected chi connectivity index (χ1v) is 6.05. The quantitative estimate of drug-likeness (QED) is 0.764. The van der Waals surface area contributed by atoms with E-state index in [0.717, 1.165) is 11.4 Å². The Bertz CT molecular complexity index is 323. The molecule has 1 fully saturated rings. The van der Waals surface area contributed by atoms with Gasteiger partial charge in [-0.25, -0.2) is 0 Å². The number of morpholine rings is 1. The standard InChI is InChI=1S/C11H15NO2S/c1-9-8-14-5-4-12(9)11(13)7-10-3-2-6-15-10/h2-3,6,9H,4-5,7-8H2,1H3. The van der Waals surface area contributed by atoms with Crippen LogP contribution in [0, 0.1) is 0 Å². The summed E-state index contributed by atoms with van der Waals surface area (Å²) >= 11 is 1.64. The van der Waals surface area contributed by atoms with Crippen LogP contribution < -0.4 is 0 Å². The highest BCUT2D eigenvalue weighted by Crippen LogP contribution is 2.13. The number of nitrogens with zero attached hydrogens (tertiary/aromatic N) is 1. The van der Waals surface area contributed by atoms with Crippen molar-refractivity contribution in [2.75, 3.05) is 19.8 Å². The molecule has 1 atom stereocenters. The second-order valence-corrected chi connectivity index (χ2v) is 4.80. The normalized spacial score (nSPS) is 21.7. The molecule has 15 heavy (non-hydrogen) atoms. The summed E-state index contributed by atoms with van der Waals surface area (Å²) in [6, 6.07) is 4.20. The van der Waals surface area contributed by atoms with Gasteiger partial charge in [0.25, 0.3) is 0 Å². The molecule has 1 aliphatic rings. The number of hydrogen-bond donors (Lipinski definition) is 0. The van der Waals surface area contributed by atoms with Crippen LogP contribution in [0.5, 0.6) is 0 Å². The van der Waals surface area contributed by atoms with Gasteiger partial charge in [0.1, 0.15) is 0 Å². The van der Waals surface area contributed by atoms with E-state index in [4.69, 9.17) is 4.74 Å². The summed E-state index contributed by atoms with van der Waals surface area (Å²) in [7, 11) is 0. The Morgan fingerprint density at radius 1 is 1.73 bits per heavy atom. The lowest BCUT2D eigenvalue weighted by Crippen LogP contribution is -2.47. The summed E-state index contributed by atoms with van der Waals surface area (Å²) in [6.07, 6.45) is 0.530. The van der Waals surface area contributed by atoms with Crippen molar-refractivity contribution in [3.63, 3.8) is 0 Å². The molecule has 1 saturated heterocycles. The zero-order chi connectivity index (χ0) is 10.7. The van der Waals surface area contributed by atoms with Crippen molar-refractivity contribution < 1.29 is 9.53 Å². The minimum atomic E-state index is 0.214. The highest BCUT2D eigenvalue weighted by atomic mass is 32.1. The third-order valence-corrected chi connectivity index (χ3v) is 3.47. The lowest BCUT2D eigenvalue weighted by Gasteiger charge is -2.33. The van der Waals surface area contributed by atoms with E-state index in [9.17, 15) is 4.79 Å². The Hall–Kier alpha value is -0.870. The van der Waals surface area contributed by atoms with E-state index < -0.39 is 0 Å². The molecule has 82 valence electrons. The summed E-state index contributed by atoms with van der Waals surface area (Å²) in [5.74, 6) is 0.216. The molecule has 2 rings (SSSR count).